The molecule has 1 aromatic heterocycles. The molecule has 0 radical (unpaired) electrons. The molecule has 1 N–H and O–H groups in total. The predicted molar refractivity (Wildman–Crippen MR) is 101 cm³/mol. The third-order valence-corrected chi connectivity index (χ3v) is 6.38. The van der Waals surface area contributed by atoms with E-state index >= 15 is 0 Å². The van der Waals surface area contributed by atoms with Gasteiger partial charge in [-0.2, -0.15) is 0 Å². The van der Waals surface area contributed by atoms with E-state index in [9.17, 15) is 27.5 Å². The van der Waals surface area contributed by atoms with Crippen LogP contribution in [-0.4, -0.2) is 66.7 Å². The number of halogens is 1. The second-order valence-corrected chi connectivity index (χ2v) is 8.24. The zero-order valence-electron chi connectivity index (χ0n) is 15.6. The summed E-state index contributed by atoms with van der Waals surface area (Å²) in [5, 5.41) is 10.3. The first-order valence-corrected chi connectivity index (χ1v) is 10.2. The fourth-order valence-electron chi connectivity index (χ4n) is 3.08. The molecule has 3 rings (SSSR count). The Hall–Kier alpha value is -2.92. The summed E-state index contributed by atoms with van der Waals surface area (Å²) in [6.07, 6.45) is 0.581. The number of benzene rings is 1. The van der Waals surface area contributed by atoms with Crippen molar-refractivity contribution in [2.24, 2.45) is 0 Å². The highest BCUT2D eigenvalue weighted by molar-refractivity contribution is 7.90. The highest BCUT2D eigenvalue weighted by Gasteiger charge is 2.26. The average molecular weight is 425 g/mol. The van der Waals surface area contributed by atoms with Crippen LogP contribution in [-0.2, 0) is 21.3 Å². The van der Waals surface area contributed by atoms with Gasteiger partial charge in [0.1, 0.15) is 10.7 Å². The summed E-state index contributed by atoms with van der Waals surface area (Å²) in [5.74, 6) is -1.71. The zero-order valence-corrected chi connectivity index (χ0v) is 16.4. The van der Waals surface area contributed by atoms with Gasteiger partial charge in [-0.15, -0.1) is 0 Å². The number of hydrogen-bond donors (Lipinski definition) is 1. The molecule has 11 heteroatoms. The quantitative estimate of drug-likeness (QED) is 0.772. The molecule has 9 nitrogen and oxygen atoms in total. The van der Waals surface area contributed by atoms with Crippen molar-refractivity contribution in [3.8, 4) is 5.75 Å². The van der Waals surface area contributed by atoms with Crippen LogP contribution in [0.2, 0.25) is 0 Å². The lowest BCUT2D eigenvalue weighted by Crippen LogP contribution is -2.48. The van der Waals surface area contributed by atoms with Gasteiger partial charge >= 0.3 is 11.7 Å². The Bertz CT molecular complexity index is 1080. The third kappa shape index (κ3) is 4.10. The molecular weight excluding hydrogens is 405 g/mol. The van der Waals surface area contributed by atoms with Crippen LogP contribution < -0.4 is 5.56 Å². The number of methoxy groups -OCH3 is 1. The highest BCUT2D eigenvalue weighted by atomic mass is 32.2. The monoisotopic (exact) mass is 425 g/mol. The lowest BCUT2D eigenvalue weighted by Gasteiger charge is -2.33. The summed E-state index contributed by atoms with van der Waals surface area (Å²) in [7, 11) is -3.19. The first-order valence-electron chi connectivity index (χ1n) is 8.74. The van der Waals surface area contributed by atoms with Gasteiger partial charge in [-0.3, -0.25) is 9.69 Å². The number of ether oxygens (including phenoxy) is 1. The van der Waals surface area contributed by atoms with E-state index in [-0.39, 0.29) is 12.1 Å². The second kappa shape index (κ2) is 8.21. The first kappa shape index (κ1) is 20.8. The van der Waals surface area contributed by atoms with Crippen molar-refractivity contribution in [3.05, 3.63) is 58.3 Å². The first-order chi connectivity index (χ1) is 13.8. The molecule has 0 bridgehead atoms. The number of piperazine rings is 1. The van der Waals surface area contributed by atoms with Crippen molar-refractivity contribution in [1.29, 1.82) is 0 Å². The standard InChI is InChI=1S/C18H20FN3O6S/c1-28-18(25)21-10-8-20(9-11-21)12-13-6-7-22(17(24)16(13)23)29(26,27)15-5-3-2-4-14(15)19/h2-7,23H,8-12H2,1H3. The van der Waals surface area contributed by atoms with Gasteiger partial charge in [0.05, 0.1) is 7.11 Å². The Balaban J connectivity index is 1.82. The van der Waals surface area contributed by atoms with Gasteiger partial charge in [0.25, 0.3) is 10.0 Å². The second-order valence-electron chi connectivity index (χ2n) is 6.46. The molecule has 0 spiro atoms. The average Bonchev–Trinajstić information content (AvgIpc) is 2.71. The van der Waals surface area contributed by atoms with Gasteiger partial charge < -0.3 is 14.7 Å². The van der Waals surface area contributed by atoms with E-state index in [0.29, 0.717) is 30.2 Å². The lowest BCUT2D eigenvalue weighted by molar-refractivity contribution is 0.0886. The van der Waals surface area contributed by atoms with Crippen LogP contribution >= 0.6 is 0 Å². The Kier molecular flexibility index (Phi) is 5.89. The van der Waals surface area contributed by atoms with Gasteiger partial charge in [-0.25, -0.2) is 21.6 Å². The minimum Gasteiger partial charge on any atom is -0.503 e. The number of hydrogen-bond acceptors (Lipinski definition) is 7. The van der Waals surface area contributed by atoms with Crippen molar-refractivity contribution in [2.75, 3.05) is 33.3 Å². The maximum absolute atomic E-state index is 13.9. The lowest BCUT2D eigenvalue weighted by atomic mass is 10.2. The molecule has 1 fully saturated rings. The molecule has 29 heavy (non-hydrogen) atoms. The van der Waals surface area contributed by atoms with E-state index < -0.39 is 38.1 Å². The van der Waals surface area contributed by atoms with Crippen LogP contribution in [0.25, 0.3) is 0 Å². The number of pyridine rings is 1. The number of nitrogens with zero attached hydrogens (tertiary/aromatic N) is 3. The maximum atomic E-state index is 13.9. The molecule has 1 aromatic carbocycles. The van der Waals surface area contributed by atoms with Gasteiger partial charge in [0.15, 0.2) is 5.75 Å². The van der Waals surface area contributed by atoms with E-state index in [2.05, 4.69) is 4.74 Å². The van der Waals surface area contributed by atoms with Crippen molar-refractivity contribution in [3.63, 3.8) is 0 Å². The van der Waals surface area contributed by atoms with E-state index in [1.54, 1.807) is 0 Å². The summed E-state index contributed by atoms with van der Waals surface area (Å²) in [6, 6.07) is 5.99. The minimum atomic E-state index is -4.49. The molecule has 0 unspecified atom stereocenters. The molecular formula is C18H20FN3O6S. The number of amides is 1. The molecule has 0 atom stereocenters. The van der Waals surface area contributed by atoms with Crippen molar-refractivity contribution in [1.82, 2.24) is 13.8 Å². The van der Waals surface area contributed by atoms with E-state index in [0.717, 1.165) is 18.3 Å². The van der Waals surface area contributed by atoms with E-state index in [1.807, 2.05) is 4.90 Å². The number of aromatic hydroxyl groups is 1. The van der Waals surface area contributed by atoms with Crippen LogP contribution in [0, 0.1) is 5.82 Å². The Labute approximate surface area is 166 Å². The molecule has 0 aliphatic carbocycles. The van der Waals surface area contributed by atoms with Crippen molar-refractivity contribution >= 4 is 16.1 Å². The van der Waals surface area contributed by atoms with Crippen LogP contribution in [0.3, 0.4) is 0 Å². The highest BCUT2D eigenvalue weighted by Crippen LogP contribution is 2.20. The normalized spacial score (nSPS) is 15.3. The fraction of sp³-hybridized carbons (Fsp3) is 0.333. The molecule has 2 heterocycles. The van der Waals surface area contributed by atoms with Gasteiger partial charge in [0, 0.05) is 44.5 Å². The smallest absolute Gasteiger partial charge is 0.409 e. The van der Waals surface area contributed by atoms with Crippen molar-refractivity contribution in [2.45, 2.75) is 11.4 Å². The Morgan fingerprint density at radius 2 is 1.83 bits per heavy atom. The van der Waals surface area contributed by atoms with Crippen molar-refractivity contribution < 1.29 is 27.4 Å². The van der Waals surface area contributed by atoms with Crippen LogP contribution in [0.5, 0.6) is 5.75 Å². The molecule has 0 saturated carbocycles. The van der Waals surface area contributed by atoms with Gasteiger partial charge in [0.2, 0.25) is 0 Å². The molecule has 1 aliphatic heterocycles. The summed E-state index contributed by atoms with van der Waals surface area (Å²) in [4.78, 5) is 26.8. The minimum absolute atomic E-state index is 0.191. The maximum Gasteiger partial charge on any atom is 0.409 e. The van der Waals surface area contributed by atoms with Crippen LogP contribution in [0.1, 0.15) is 5.56 Å². The third-order valence-electron chi connectivity index (χ3n) is 4.69. The van der Waals surface area contributed by atoms with Gasteiger partial charge in [-0.05, 0) is 18.2 Å². The van der Waals surface area contributed by atoms with E-state index in [1.165, 1.54) is 30.2 Å². The molecule has 1 aliphatic rings. The van der Waals surface area contributed by atoms with Crippen LogP contribution in [0.15, 0.2) is 46.2 Å². The SMILES string of the molecule is COC(=O)N1CCN(Cc2ccn(S(=O)(=O)c3ccccc3F)c(=O)c2O)CC1. The number of aromatic nitrogens is 1. The summed E-state index contributed by atoms with van der Waals surface area (Å²) in [5.41, 5.74) is -0.916. The Morgan fingerprint density at radius 1 is 1.17 bits per heavy atom. The number of carbonyl (C=O) groups excluding carboxylic acids is 1. The number of rotatable bonds is 4. The Morgan fingerprint density at radius 3 is 2.45 bits per heavy atom. The summed E-state index contributed by atoms with van der Waals surface area (Å²) < 4.78 is 44.1. The van der Waals surface area contributed by atoms with Crippen LogP contribution in [0.4, 0.5) is 9.18 Å². The van der Waals surface area contributed by atoms with Gasteiger partial charge in [-0.1, -0.05) is 12.1 Å². The predicted octanol–water partition coefficient (Wildman–Crippen LogP) is 0.814. The number of carbonyl (C=O) groups is 1. The molecule has 2 aromatic rings. The van der Waals surface area contributed by atoms with E-state index in [4.69, 9.17) is 0 Å². The molecule has 156 valence electrons. The molecule has 1 amide bonds. The largest absolute Gasteiger partial charge is 0.503 e. The molecule has 1 saturated heterocycles. The summed E-state index contributed by atoms with van der Waals surface area (Å²) in [6.45, 7) is 2.02. The summed E-state index contributed by atoms with van der Waals surface area (Å²) >= 11 is 0. The topological polar surface area (TPSA) is 109 Å². The fourth-order valence-corrected chi connectivity index (χ4v) is 4.38. The zero-order chi connectivity index (χ0) is 21.2.